The first kappa shape index (κ1) is 17.4. The van der Waals surface area contributed by atoms with Gasteiger partial charge in [0.15, 0.2) is 0 Å². The molecule has 0 bridgehead atoms. The molecule has 0 spiro atoms. The number of likely N-dealkylation sites (tertiary alicyclic amines) is 2. The molecular weight excluding hydrogens is 300 g/mol. The quantitative estimate of drug-likeness (QED) is 0.832. The molecule has 2 fully saturated rings. The van der Waals surface area contributed by atoms with E-state index in [2.05, 4.69) is 47.9 Å². The van der Waals surface area contributed by atoms with Crippen LogP contribution in [0.5, 0.6) is 0 Å². The summed E-state index contributed by atoms with van der Waals surface area (Å²) in [7, 11) is 1.79. The Bertz CT molecular complexity index is 550. The summed E-state index contributed by atoms with van der Waals surface area (Å²) in [6.45, 7) is 7.95. The standard InChI is InChI=1S/C20H30N2O2/c1-20(2,24-3)17-9-12-21(13-10-17)19(23)18-11-14-22(18)15-16-7-5-4-6-8-16/h4-8,17-18H,9-15H2,1-3H3. The molecular formula is C20H30N2O2. The largest absolute Gasteiger partial charge is 0.379 e. The Kier molecular flexibility index (Phi) is 5.26. The third kappa shape index (κ3) is 3.65. The van der Waals surface area contributed by atoms with Gasteiger partial charge in [0, 0.05) is 33.3 Å². The highest BCUT2D eigenvalue weighted by Gasteiger charge is 2.39. The summed E-state index contributed by atoms with van der Waals surface area (Å²) in [4.78, 5) is 17.2. The van der Waals surface area contributed by atoms with E-state index in [0.29, 0.717) is 11.8 Å². The lowest BCUT2D eigenvalue weighted by Crippen LogP contribution is -2.58. The second kappa shape index (κ2) is 7.24. The number of piperidine rings is 1. The molecule has 3 rings (SSSR count). The lowest BCUT2D eigenvalue weighted by Gasteiger charge is -2.45. The first-order valence-corrected chi connectivity index (χ1v) is 9.13. The molecule has 0 N–H and O–H groups in total. The minimum absolute atomic E-state index is 0.0807. The number of methoxy groups -OCH3 is 1. The second-order valence-electron chi connectivity index (χ2n) is 7.67. The highest BCUT2D eigenvalue weighted by atomic mass is 16.5. The molecule has 0 aromatic heterocycles. The van der Waals surface area contributed by atoms with Gasteiger partial charge < -0.3 is 9.64 Å². The summed E-state index contributed by atoms with van der Waals surface area (Å²) in [5.41, 5.74) is 1.20. The van der Waals surface area contributed by atoms with Crippen LogP contribution < -0.4 is 0 Å². The van der Waals surface area contributed by atoms with Gasteiger partial charge in [0.2, 0.25) is 5.91 Å². The molecule has 1 unspecified atom stereocenters. The van der Waals surface area contributed by atoms with Crippen LogP contribution in [-0.2, 0) is 16.1 Å². The van der Waals surface area contributed by atoms with Crippen molar-refractivity contribution in [3.8, 4) is 0 Å². The zero-order valence-electron chi connectivity index (χ0n) is 15.2. The van der Waals surface area contributed by atoms with Gasteiger partial charge in [0.1, 0.15) is 0 Å². The number of carbonyl (C=O) groups is 1. The summed E-state index contributed by atoms with van der Waals surface area (Å²) < 4.78 is 5.62. The third-order valence-electron chi connectivity index (χ3n) is 5.96. The number of hydrogen-bond donors (Lipinski definition) is 0. The van der Waals surface area contributed by atoms with Gasteiger partial charge in [-0.05, 0) is 44.6 Å². The molecule has 1 aromatic carbocycles. The van der Waals surface area contributed by atoms with E-state index in [-0.39, 0.29) is 11.6 Å². The molecule has 1 amide bonds. The van der Waals surface area contributed by atoms with Crippen molar-refractivity contribution in [2.75, 3.05) is 26.7 Å². The monoisotopic (exact) mass is 330 g/mol. The smallest absolute Gasteiger partial charge is 0.239 e. The van der Waals surface area contributed by atoms with Crippen LogP contribution in [0.3, 0.4) is 0 Å². The van der Waals surface area contributed by atoms with E-state index >= 15 is 0 Å². The van der Waals surface area contributed by atoms with Crippen LogP contribution >= 0.6 is 0 Å². The average Bonchev–Trinajstić information content (AvgIpc) is 2.59. The summed E-state index contributed by atoms with van der Waals surface area (Å²) in [6.07, 6.45) is 3.07. The van der Waals surface area contributed by atoms with Crippen molar-refractivity contribution in [3.63, 3.8) is 0 Å². The zero-order valence-corrected chi connectivity index (χ0v) is 15.2. The summed E-state index contributed by atoms with van der Waals surface area (Å²) in [6, 6.07) is 10.5. The minimum Gasteiger partial charge on any atom is -0.379 e. The maximum atomic E-state index is 12.9. The van der Waals surface area contributed by atoms with Crippen LogP contribution in [0.4, 0.5) is 0 Å². The topological polar surface area (TPSA) is 32.8 Å². The fourth-order valence-corrected chi connectivity index (χ4v) is 3.90. The summed E-state index contributed by atoms with van der Waals surface area (Å²) in [5, 5.41) is 0. The van der Waals surface area contributed by atoms with E-state index in [1.807, 2.05) is 6.07 Å². The highest BCUT2D eigenvalue weighted by Crippen LogP contribution is 2.31. The van der Waals surface area contributed by atoms with E-state index in [9.17, 15) is 4.79 Å². The number of carbonyl (C=O) groups excluding carboxylic acids is 1. The number of ether oxygens (including phenoxy) is 1. The molecule has 4 heteroatoms. The van der Waals surface area contributed by atoms with Crippen LogP contribution in [-0.4, -0.2) is 54.1 Å². The molecule has 0 saturated carbocycles. The van der Waals surface area contributed by atoms with Crippen LogP contribution in [0.1, 0.15) is 38.7 Å². The van der Waals surface area contributed by atoms with Gasteiger partial charge in [-0.2, -0.15) is 0 Å². The van der Waals surface area contributed by atoms with E-state index in [4.69, 9.17) is 4.74 Å². The molecule has 0 radical (unpaired) electrons. The van der Waals surface area contributed by atoms with E-state index in [0.717, 1.165) is 45.4 Å². The average molecular weight is 330 g/mol. The molecule has 132 valence electrons. The second-order valence-corrected chi connectivity index (χ2v) is 7.67. The Morgan fingerprint density at radius 2 is 1.79 bits per heavy atom. The van der Waals surface area contributed by atoms with Crippen molar-refractivity contribution in [2.24, 2.45) is 5.92 Å². The molecule has 2 saturated heterocycles. The Morgan fingerprint density at radius 3 is 2.33 bits per heavy atom. The van der Waals surface area contributed by atoms with Gasteiger partial charge in [-0.3, -0.25) is 9.69 Å². The van der Waals surface area contributed by atoms with Crippen LogP contribution in [0.15, 0.2) is 30.3 Å². The molecule has 2 heterocycles. The van der Waals surface area contributed by atoms with Gasteiger partial charge in [-0.1, -0.05) is 30.3 Å². The van der Waals surface area contributed by atoms with Crippen LogP contribution in [0.2, 0.25) is 0 Å². The Labute approximate surface area is 145 Å². The predicted molar refractivity (Wildman–Crippen MR) is 95.6 cm³/mol. The maximum absolute atomic E-state index is 12.9. The SMILES string of the molecule is COC(C)(C)C1CCN(C(=O)C2CCN2Cc2ccccc2)CC1. The van der Waals surface area contributed by atoms with Crippen molar-refractivity contribution >= 4 is 5.91 Å². The number of rotatable bonds is 5. The Hall–Kier alpha value is -1.39. The summed E-state index contributed by atoms with van der Waals surface area (Å²) in [5.74, 6) is 0.860. The molecule has 2 aliphatic rings. The molecule has 24 heavy (non-hydrogen) atoms. The maximum Gasteiger partial charge on any atom is 0.239 e. The van der Waals surface area contributed by atoms with Crippen LogP contribution in [0, 0.1) is 5.92 Å². The van der Waals surface area contributed by atoms with Gasteiger partial charge in [-0.15, -0.1) is 0 Å². The number of hydrogen-bond acceptors (Lipinski definition) is 3. The normalized spacial score (nSPS) is 23.1. The first-order chi connectivity index (χ1) is 11.5. The Morgan fingerprint density at radius 1 is 1.12 bits per heavy atom. The van der Waals surface area contributed by atoms with Gasteiger partial charge >= 0.3 is 0 Å². The van der Waals surface area contributed by atoms with Crippen molar-refractivity contribution in [3.05, 3.63) is 35.9 Å². The third-order valence-corrected chi connectivity index (χ3v) is 5.96. The number of nitrogens with zero attached hydrogens (tertiary/aromatic N) is 2. The molecule has 4 nitrogen and oxygen atoms in total. The lowest BCUT2D eigenvalue weighted by molar-refractivity contribution is -0.145. The zero-order chi connectivity index (χ0) is 17.2. The highest BCUT2D eigenvalue weighted by molar-refractivity contribution is 5.82. The van der Waals surface area contributed by atoms with Crippen LogP contribution in [0.25, 0.3) is 0 Å². The molecule has 1 aromatic rings. The first-order valence-electron chi connectivity index (χ1n) is 9.13. The van der Waals surface area contributed by atoms with Crippen molar-refractivity contribution in [2.45, 2.75) is 51.3 Å². The van der Waals surface area contributed by atoms with E-state index in [1.165, 1.54) is 5.56 Å². The number of benzene rings is 1. The van der Waals surface area contributed by atoms with E-state index < -0.39 is 0 Å². The van der Waals surface area contributed by atoms with Crippen molar-refractivity contribution < 1.29 is 9.53 Å². The molecule has 1 atom stereocenters. The van der Waals surface area contributed by atoms with E-state index in [1.54, 1.807) is 7.11 Å². The predicted octanol–water partition coefficient (Wildman–Crippen LogP) is 2.92. The van der Waals surface area contributed by atoms with Gasteiger partial charge in [0.05, 0.1) is 11.6 Å². The molecule has 0 aliphatic carbocycles. The fourth-order valence-electron chi connectivity index (χ4n) is 3.90. The summed E-state index contributed by atoms with van der Waals surface area (Å²) >= 11 is 0. The minimum atomic E-state index is -0.0923. The van der Waals surface area contributed by atoms with Gasteiger partial charge in [-0.25, -0.2) is 0 Å². The fraction of sp³-hybridized carbons (Fsp3) is 0.650. The molecule has 2 aliphatic heterocycles. The Balaban J connectivity index is 1.52. The van der Waals surface area contributed by atoms with Gasteiger partial charge in [0.25, 0.3) is 0 Å². The van der Waals surface area contributed by atoms with Crippen molar-refractivity contribution in [1.29, 1.82) is 0 Å². The lowest BCUT2D eigenvalue weighted by atomic mass is 9.82. The number of amides is 1. The van der Waals surface area contributed by atoms with Crippen molar-refractivity contribution in [1.82, 2.24) is 9.80 Å².